The molecule has 0 fully saturated rings. The van der Waals surface area contributed by atoms with Crippen molar-refractivity contribution < 1.29 is 4.79 Å². The molecule has 1 aromatic carbocycles. The Bertz CT molecular complexity index is 309. The van der Waals surface area contributed by atoms with Crippen LogP contribution in [0.1, 0.15) is 31.7 Å². The summed E-state index contributed by atoms with van der Waals surface area (Å²) in [7, 11) is 0. The van der Waals surface area contributed by atoms with Crippen LogP contribution in [0.2, 0.25) is 0 Å². The minimum atomic E-state index is 0.101. The van der Waals surface area contributed by atoms with Gasteiger partial charge in [0.05, 0.1) is 0 Å². The van der Waals surface area contributed by atoms with Crippen molar-refractivity contribution in [2.75, 3.05) is 0 Å². The van der Waals surface area contributed by atoms with E-state index in [2.05, 4.69) is 5.32 Å². The van der Waals surface area contributed by atoms with Gasteiger partial charge in [0.15, 0.2) is 0 Å². The Morgan fingerprint density at radius 1 is 1.38 bits per heavy atom. The van der Waals surface area contributed by atoms with Gasteiger partial charge in [0, 0.05) is 19.0 Å². The lowest BCUT2D eigenvalue weighted by Gasteiger charge is -2.06. The highest BCUT2D eigenvalue weighted by atomic mass is 16.1. The molecule has 0 bridgehead atoms. The Labute approximate surface area is 97.0 Å². The summed E-state index contributed by atoms with van der Waals surface area (Å²) in [6.07, 6.45) is 2.32. The molecule has 16 heavy (non-hydrogen) atoms. The van der Waals surface area contributed by atoms with Crippen LogP contribution in [0.25, 0.3) is 0 Å². The second kappa shape index (κ2) is 7.01. The number of nitrogens with two attached hydrogens (primary N) is 1. The van der Waals surface area contributed by atoms with E-state index in [1.165, 1.54) is 0 Å². The molecule has 0 spiro atoms. The molecule has 1 amide bonds. The topological polar surface area (TPSA) is 55.1 Å². The lowest BCUT2D eigenvalue weighted by molar-refractivity contribution is -0.121. The van der Waals surface area contributed by atoms with Crippen LogP contribution in [0.15, 0.2) is 30.3 Å². The zero-order valence-electron chi connectivity index (χ0n) is 9.78. The quantitative estimate of drug-likeness (QED) is 0.768. The summed E-state index contributed by atoms with van der Waals surface area (Å²) < 4.78 is 0. The average Bonchev–Trinajstić information content (AvgIpc) is 2.27. The normalized spacial score (nSPS) is 12.1. The highest BCUT2D eigenvalue weighted by Gasteiger charge is 2.02. The van der Waals surface area contributed by atoms with Crippen molar-refractivity contribution in [2.24, 2.45) is 5.73 Å². The third-order valence-corrected chi connectivity index (χ3v) is 2.40. The fourth-order valence-corrected chi connectivity index (χ4v) is 1.47. The molecule has 0 aliphatic rings. The molecular weight excluding hydrogens is 200 g/mol. The third kappa shape index (κ3) is 5.51. The van der Waals surface area contributed by atoms with Gasteiger partial charge in [0.1, 0.15) is 0 Å². The number of nitrogens with one attached hydrogen (secondary N) is 1. The molecule has 1 atom stereocenters. The molecule has 88 valence electrons. The summed E-state index contributed by atoms with van der Waals surface area (Å²) >= 11 is 0. The maximum atomic E-state index is 11.4. The average molecular weight is 220 g/mol. The van der Waals surface area contributed by atoms with E-state index < -0.39 is 0 Å². The molecule has 0 saturated carbocycles. The number of carbonyl (C=O) groups is 1. The molecule has 1 unspecified atom stereocenters. The third-order valence-electron chi connectivity index (χ3n) is 2.40. The van der Waals surface area contributed by atoms with Crippen LogP contribution in [0.5, 0.6) is 0 Å². The molecule has 3 heteroatoms. The maximum absolute atomic E-state index is 11.4. The molecular formula is C13H20N2O. The Morgan fingerprint density at radius 2 is 2.06 bits per heavy atom. The molecule has 0 heterocycles. The Balaban J connectivity index is 2.16. The predicted octanol–water partition coefficient (Wildman–Crippen LogP) is 1.82. The molecule has 3 nitrogen and oxygen atoms in total. The van der Waals surface area contributed by atoms with Gasteiger partial charge < -0.3 is 11.1 Å². The van der Waals surface area contributed by atoms with E-state index in [9.17, 15) is 4.79 Å². The summed E-state index contributed by atoms with van der Waals surface area (Å²) in [6.45, 7) is 2.57. The molecule has 0 aliphatic carbocycles. The lowest BCUT2D eigenvalue weighted by atomic mass is 10.1. The van der Waals surface area contributed by atoms with E-state index in [0.29, 0.717) is 13.0 Å². The van der Waals surface area contributed by atoms with E-state index in [1.807, 2.05) is 37.3 Å². The largest absolute Gasteiger partial charge is 0.352 e. The van der Waals surface area contributed by atoms with E-state index >= 15 is 0 Å². The van der Waals surface area contributed by atoms with Crippen molar-refractivity contribution in [1.29, 1.82) is 0 Å². The maximum Gasteiger partial charge on any atom is 0.220 e. The van der Waals surface area contributed by atoms with Gasteiger partial charge in [-0.2, -0.15) is 0 Å². The number of carbonyl (C=O) groups excluding carboxylic acids is 1. The Hall–Kier alpha value is -1.35. The summed E-state index contributed by atoms with van der Waals surface area (Å²) in [5.74, 6) is 0.101. The second-order valence-electron chi connectivity index (χ2n) is 4.13. The highest BCUT2D eigenvalue weighted by molar-refractivity contribution is 5.75. The zero-order valence-corrected chi connectivity index (χ0v) is 9.78. The van der Waals surface area contributed by atoms with Gasteiger partial charge in [-0.05, 0) is 25.3 Å². The smallest absolute Gasteiger partial charge is 0.220 e. The molecule has 0 aliphatic heterocycles. The van der Waals surface area contributed by atoms with E-state index in [4.69, 9.17) is 5.73 Å². The van der Waals surface area contributed by atoms with Gasteiger partial charge in [0.25, 0.3) is 0 Å². The summed E-state index contributed by atoms with van der Waals surface area (Å²) in [5.41, 5.74) is 6.74. The molecule has 1 rings (SSSR count). The van der Waals surface area contributed by atoms with E-state index in [0.717, 1.165) is 18.4 Å². The molecule has 0 radical (unpaired) electrons. The fourth-order valence-electron chi connectivity index (χ4n) is 1.47. The minimum absolute atomic E-state index is 0.101. The van der Waals surface area contributed by atoms with Crippen molar-refractivity contribution >= 4 is 5.91 Å². The summed E-state index contributed by atoms with van der Waals surface area (Å²) in [4.78, 5) is 11.4. The van der Waals surface area contributed by atoms with Gasteiger partial charge in [-0.15, -0.1) is 0 Å². The van der Waals surface area contributed by atoms with Crippen LogP contribution in [0.3, 0.4) is 0 Å². The van der Waals surface area contributed by atoms with Crippen LogP contribution < -0.4 is 11.1 Å². The summed E-state index contributed by atoms with van der Waals surface area (Å²) in [6, 6.07) is 10.1. The fraction of sp³-hybridized carbons (Fsp3) is 0.462. The first-order valence-corrected chi connectivity index (χ1v) is 5.74. The second-order valence-corrected chi connectivity index (χ2v) is 4.13. The zero-order chi connectivity index (χ0) is 11.8. The van der Waals surface area contributed by atoms with Crippen LogP contribution in [0, 0.1) is 0 Å². The SMILES string of the molecule is CC(N)CCCC(=O)NCc1ccccc1. The van der Waals surface area contributed by atoms with Crippen molar-refractivity contribution in [3.63, 3.8) is 0 Å². The van der Waals surface area contributed by atoms with Crippen molar-refractivity contribution in [3.05, 3.63) is 35.9 Å². The van der Waals surface area contributed by atoms with Crippen LogP contribution in [-0.4, -0.2) is 11.9 Å². The standard InChI is InChI=1S/C13H20N2O/c1-11(14)6-5-9-13(16)15-10-12-7-3-2-4-8-12/h2-4,7-8,11H,5-6,9-10,14H2,1H3,(H,15,16). The number of hydrogen-bond acceptors (Lipinski definition) is 2. The monoisotopic (exact) mass is 220 g/mol. The summed E-state index contributed by atoms with van der Waals surface area (Å²) in [5, 5.41) is 2.89. The first-order valence-electron chi connectivity index (χ1n) is 5.74. The molecule has 1 aromatic rings. The van der Waals surface area contributed by atoms with E-state index in [-0.39, 0.29) is 11.9 Å². The Morgan fingerprint density at radius 3 is 2.69 bits per heavy atom. The number of benzene rings is 1. The first kappa shape index (κ1) is 12.7. The first-order chi connectivity index (χ1) is 7.68. The molecule has 3 N–H and O–H groups in total. The number of amides is 1. The van der Waals surface area contributed by atoms with Crippen LogP contribution >= 0.6 is 0 Å². The lowest BCUT2D eigenvalue weighted by Crippen LogP contribution is -2.23. The molecule has 0 saturated heterocycles. The minimum Gasteiger partial charge on any atom is -0.352 e. The van der Waals surface area contributed by atoms with Crippen molar-refractivity contribution in [2.45, 2.75) is 38.8 Å². The van der Waals surface area contributed by atoms with Crippen LogP contribution in [0.4, 0.5) is 0 Å². The van der Waals surface area contributed by atoms with Crippen LogP contribution in [-0.2, 0) is 11.3 Å². The highest BCUT2D eigenvalue weighted by Crippen LogP contribution is 2.00. The van der Waals surface area contributed by atoms with Gasteiger partial charge in [0.2, 0.25) is 5.91 Å². The number of rotatable bonds is 6. The van der Waals surface area contributed by atoms with Gasteiger partial charge in [-0.25, -0.2) is 0 Å². The van der Waals surface area contributed by atoms with Gasteiger partial charge in [-0.3, -0.25) is 4.79 Å². The van der Waals surface area contributed by atoms with Gasteiger partial charge >= 0.3 is 0 Å². The molecule has 0 aromatic heterocycles. The predicted molar refractivity (Wildman–Crippen MR) is 65.8 cm³/mol. The van der Waals surface area contributed by atoms with E-state index in [1.54, 1.807) is 0 Å². The Kier molecular flexibility index (Phi) is 5.57. The van der Waals surface area contributed by atoms with Gasteiger partial charge in [-0.1, -0.05) is 30.3 Å². The number of hydrogen-bond donors (Lipinski definition) is 2. The van der Waals surface area contributed by atoms with Crippen molar-refractivity contribution in [3.8, 4) is 0 Å². The van der Waals surface area contributed by atoms with Crippen molar-refractivity contribution in [1.82, 2.24) is 5.32 Å².